The Morgan fingerprint density at radius 2 is 1.86 bits per heavy atom. The van der Waals surface area contributed by atoms with E-state index in [4.69, 9.17) is 10.5 Å². The Balaban J connectivity index is 2.31. The molecule has 0 saturated carbocycles. The highest BCUT2D eigenvalue weighted by Crippen LogP contribution is 2.28. The van der Waals surface area contributed by atoms with E-state index < -0.39 is 0 Å². The maximum absolute atomic E-state index is 12.0. The van der Waals surface area contributed by atoms with Gasteiger partial charge in [-0.1, -0.05) is 25.1 Å². The summed E-state index contributed by atoms with van der Waals surface area (Å²) in [6, 6.07) is 13.2. The van der Waals surface area contributed by atoms with Gasteiger partial charge in [0.2, 0.25) is 0 Å². The van der Waals surface area contributed by atoms with Gasteiger partial charge in [0.1, 0.15) is 0 Å². The molecule has 0 amide bonds. The molecule has 0 heterocycles. The molecule has 2 aromatic rings. The van der Waals surface area contributed by atoms with E-state index in [1.807, 2.05) is 24.3 Å². The van der Waals surface area contributed by atoms with Crippen molar-refractivity contribution in [3.63, 3.8) is 0 Å². The van der Waals surface area contributed by atoms with E-state index in [0.29, 0.717) is 23.5 Å². The third-order valence-electron chi connectivity index (χ3n) is 3.22. The lowest BCUT2D eigenvalue weighted by molar-refractivity contribution is 0.0527. The van der Waals surface area contributed by atoms with Crippen LogP contribution in [0.15, 0.2) is 42.5 Å². The first-order valence-corrected chi connectivity index (χ1v) is 7.07. The second-order valence-corrected chi connectivity index (χ2v) is 4.67. The number of nitrogens with one attached hydrogen (secondary N) is 1. The zero-order valence-electron chi connectivity index (χ0n) is 12.3. The fourth-order valence-corrected chi connectivity index (χ4v) is 2.06. The van der Waals surface area contributed by atoms with Gasteiger partial charge in [-0.3, -0.25) is 0 Å². The Kier molecular flexibility index (Phi) is 4.82. The van der Waals surface area contributed by atoms with E-state index in [1.165, 1.54) is 5.56 Å². The molecule has 0 atom stereocenters. The number of nitrogen functional groups attached to an aromatic ring is 1. The first-order valence-electron chi connectivity index (χ1n) is 7.07. The highest BCUT2D eigenvalue weighted by Gasteiger charge is 2.14. The number of benzene rings is 2. The van der Waals surface area contributed by atoms with Crippen LogP contribution >= 0.6 is 0 Å². The van der Waals surface area contributed by atoms with Gasteiger partial charge in [0, 0.05) is 5.69 Å². The molecule has 110 valence electrons. The lowest BCUT2D eigenvalue weighted by Crippen LogP contribution is -2.09. The fraction of sp³-hybridized carbons (Fsp3) is 0.235. The molecule has 2 aromatic carbocycles. The van der Waals surface area contributed by atoms with Gasteiger partial charge >= 0.3 is 5.97 Å². The highest BCUT2D eigenvalue weighted by atomic mass is 16.5. The predicted molar refractivity (Wildman–Crippen MR) is 85.9 cm³/mol. The van der Waals surface area contributed by atoms with Gasteiger partial charge < -0.3 is 15.8 Å². The summed E-state index contributed by atoms with van der Waals surface area (Å²) in [6.45, 7) is 4.22. The van der Waals surface area contributed by atoms with Crippen LogP contribution in [0.1, 0.15) is 29.8 Å². The molecule has 0 aliphatic heterocycles. The smallest absolute Gasteiger partial charge is 0.340 e. The molecule has 0 unspecified atom stereocenters. The average Bonchev–Trinajstić information content (AvgIpc) is 2.50. The van der Waals surface area contributed by atoms with Gasteiger partial charge in [0.15, 0.2) is 0 Å². The minimum absolute atomic E-state index is 0.332. The lowest BCUT2D eigenvalue weighted by atomic mass is 10.1. The molecule has 21 heavy (non-hydrogen) atoms. The summed E-state index contributed by atoms with van der Waals surface area (Å²) in [7, 11) is 0. The molecule has 0 spiro atoms. The molecule has 0 aromatic heterocycles. The van der Waals surface area contributed by atoms with Crippen LogP contribution in [0.25, 0.3) is 0 Å². The number of carbonyl (C=O) groups excluding carboxylic acids is 1. The molecule has 0 aliphatic rings. The molecule has 0 radical (unpaired) electrons. The van der Waals surface area contributed by atoms with E-state index in [-0.39, 0.29) is 5.97 Å². The summed E-state index contributed by atoms with van der Waals surface area (Å²) in [6.07, 6.45) is 0.988. The normalized spacial score (nSPS) is 10.2. The number of anilines is 3. The second kappa shape index (κ2) is 6.79. The summed E-state index contributed by atoms with van der Waals surface area (Å²) < 4.78 is 5.06. The molecule has 4 heteroatoms. The van der Waals surface area contributed by atoms with Crippen molar-refractivity contribution in [3.05, 3.63) is 53.6 Å². The molecule has 2 rings (SSSR count). The molecule has 0 bridgehead atoms. The number of esters is 1. The number of nitrogens with two attached hydrogens (primary N) is 1. The number of hydrogen-bond donors (Lipinski definition) is 2. The maximum Gasteiger partial charge on any atom is 0.340 e. The monoisotopic (exact) mass is 284 g/mol. The van der Waals surface area contributed by atoms with Crippen molar-refractivity contribution in [2.24, 2.45) is 0 Å². The number of ether oxygens (including phenoxy) is 1. The van der Waals surface area contributed by atoms with Crippen molar-refractivity contribution < 1.29 is 9.53 Å². The minimum Gasteiger partial charge on any atom is -0.462 e. The van der Waals surface area contributed by atoms with Crippen LogP contribution in [-0.2, 0) is 11.2 Å². The Morgan fingerprint density at radius 1 is 1.14 bits per heavy atom. The van der Waals surface area contributed by atoms with E-state index in [9.17, 15) is 4.79 Å². The Morgan fingerprint density at radius 3 is 2.48 bits per heavy atom. The van der Waals surface area contributed by atoms with Crippen molar-refractivity contribution >= 4 is 23.0 Å². The molecule has 3 N–H and O–H groups in total. The molecular formula is C17H20N2O2. The quantitative estimate of drug-likeness (QED) is 0.648. The van der Waals surface area contributed by atoms with Gasteiger partial charge in [0.25, 0.3) is 0 Å². The lowest BCUT2D eigenvalue weighted by Gasteiger charge is -2.14. The largest absolute Gasteiger partial charge is 0.462 e. The number of rotatable bonds is 5. The molecule has 4 nitrogen and oxygen atoms in total. The first-order chi connectivity index (χ1) is 10.2. The van der Waals surface area contributed by atoms with Crippen LogP contribution in [-0.4, -0.2) is 12.6 Å². The van der Waals surface area contributed by atoms with Crippen molar-refractivity contribution in [1.29, 1.82) is 0 Å². The standard InChI is InChI=1S/C17H20N2O2/c1-3-12-8-10-13(11-9-12)19-16-14(17(20)21-4-2)6-5-7-15(16)18/h5-11,19H,3-4,18H2,1-2H3. The molecule has 0 saturated heterocycles. The van der Waals surface area contributed by atoms with Crippen LogP contribution < -0.4 is 11.1 Å². The van der Waals surface area contributed by atoms with Crippen molar-refractivity contribution in [3.8, 4) is 0 Å². The van der Waals surface area contributed by atoms with Gasteiger partial charge in [-0.25, -0.2) is 4.79 Å². The number of para-hydroxylation sites is 1. The van der Waals surface area contributed by atoms with Crippen molar-refractivity contribution in [2.75, 3.05) is 17.7 Å². The van der Waals surface area contributed by atoms with Crippen molar-refractivity contribution in [2.45, 2.75) is 20.3 Å². The second-order valence-electron chi connectivity index (χ2n) is 4.67. The highest BCUT2D eigenvalue weighted by molar-refractivity contribution is 5.99. The van der Waals surface area contributed by atoms with Gasteiger partial charge in [0.05, 0.1) is 23.5 Å². The summed E-state index contributed by atoms with van der Waals surface area (Å²) in [5.41, 5.74) is 9.67. The summed E-state index contributed by atoms with van der Waals surface area (Å²) in [5.74, 6) is -0.377. The summed E-state index contributed by atoms with van der Waals surface area (Å²) in [5, 5.41) is 3.21. The molecule has 0 aliphatic carbocycles. The topological polar surface area (TPSA) is 64.3 Å². The molecule has 0 fully saturated rings. The average molecular weight is 284 g/mol. The summed E-state index contributed by atoms with van der Waals surface area (Å²) in [4.78, 5) is 12.0. The Bertz CT molecular complexity index is 621. The van der Waals surface area contributed by atoms with Gasteiger partial charge in [-0.05, 0) is 43.2 Å². The SMILES string of the molecule is CCOC(=O)c1cccc(N)c1Nc1ccc(CC)cc1. The third-order valence-corrected chi connectivity index (χ3v) is 3.22. The van der Waals surface area contributed by atoms with Crippen LogP contribution in [0.3, 0.4) is 0 Å². The van der Waals surface area contributed by atoms with Crippen LogP contribution in [0.5, 0.6) is 0 Å². The van der Waals surface area contributed by atoms with Crippen LogP contribution in [0.2, 0.25) is 0 Å². The molecular weight excluding hydrogens is 264 g/mol. The number of hydrogen-bond acceptors (Lipinski definition) is 4. The van der Waals surface area contributed by atoms with Gasteiger partial charge in [-0.2, -0.15) is 0 Å². The van der Waals surface area contributed by atoms with E-state index >= 15 is 0 Å². The zero-order valence-corrected chi connectivity index (χ0v) is 12.3. The van der Waals surface area contributed by atoms with Crippen LogP contribution in [0.4, 0.5) is 17.1 Å². The number of aryl methyl sites for hydroxylation is 1. The maximum atomic E-state index is 12.0. The first kappa shape index (κ1) is 14.9. The van der Waals surface area contributed by atoms with E-state index in [0.717, 1.165) is 12.1 Å². The predicted octanol–water partition coefficient (Wildman–Crippen LogP) is 3.75. The Labute approximate surface area is 124 Å². The Hall–Kier alpha value is -2.49. The van der Waals surface area contributed by atoms with E-state index in [2.05, 4.69) is 12.2 Å². The zero-order chi connectivity index (χ0) is 15.2. The van der Waals surface area contributed by atoms with Crippen LogP contribution in [0, 0.1) is 0 Å². The third kappa shape index (κ3) is 3.54. The van der Waals surface area contributed by atoms with E-state index in [1.54, 1.807) is 25.1 Å². The minimum atomic E-state index is -0.377. The van der Waals surface area contributed by atoms with Crippen molar-refractivity contribution in [1.82, 2.24) is 0 Å². The summed E-state index contributed by atoms with van der Waals surface area (Å²) >= 11 is 0. The van der Waals surface area contributed by atoms with Gasteiger partial charge in [-0.15, -0.1) is 0 Å². The number of carbonyl (C=O) groups is 1. The fourth-order valence-electron chi connectivity index (χ4n) is 2.06.